The van der Waals surface area contributed by atoms with Crippen molar-refractivity contribution in [3.63, 3.8) is 0 Å². The third-order valence-corrected chi connectivity index (χ3v) is 20.9. The largest absolute Gasteiger partial charge is 0.262 e. The number of nitrogens with zero attached hydrogens (tertiary/aromatic N) is 4. The van der Waals surface area contributed by atoms with Gasteiger partial charge in [0.05, 0.1) is 0 Å². The lowest BCUT2D eigenvalue weighted by atomic mass is 10.2. The number of hydrogen-bond donors (Lipinski definition) is 0. The van der Waals surface area contributed by atoms with Gasteiger partial charge in [0, 0.05) is 28.2 Å². The predicted octanol–water partition coefficient (Wildman–Crippen LogP) is 3.86. The summed E-state index contributed by atoms with van der Waals surface area (Å²) in [7, 11) is 4.29. The Morgan fingerprint density at radius 2 is 0.800 bits per heavy atom. The van der Waals surface area contributed by atoms with Crippen molar-refractivity contribution in [2.24, 2.45) is 0 Å². The first kappa shape index (κ1) is 23.4. The third kappa shape index (κ3) is 3.00. The zero-order chi connectivity index (χ0) is 22.5. The first-order chi connectivity index (χ1) is 13.8. The molecule has 1 aliphatic rings. The zero-order valence-electron chi connectivity index (χ0n) is 20.6. The summed E-state index contributed by atoms with van der Waals surface area (Å²) in [5.41, 5.74) is 0. The van der Waals surface area contributed by atoms with Crippen molar-refractivity contribution in [2.75, 3.05) is 28.2 Å². The van der Waals surface area contributed by atoms with Gasteiger partial charge >= 0.3 is 0 Å². The second-order valence-corrected chi connectivity index (χ2v) is 20.3. The van der Waals surface area contributed by atoms with Gasteiger partial charge in [0.1, 0.15) is 0 Å². The lowest BCUT2D eigenvalue weighted by Crippen LogP contribution is -3.06. The molecule has 2 aromatic carbocycles. The summed E-state index contributed by atoms with van der Waals surface area (Å²) < 4.78 is 5.79. The average Bonchev–Trinajstić information content (AvgIpc) is 2.60. The molecular formula is C24H40N4Si2. The summed E-state index contributed by atoms with van der Waals surface area (Å²) in [5.74, 6) is 0. The van der Waals surface area contributed by atoms with E-state index in [1.54, 1.807) is 0 Å². The normalized spacial score (nSPS) is 26.3. The minimum absolute atomic E-state index is 0.0967. The van der Waals surface area contributed by atoms with Crippen molar-refractivity contribution in [3.05, 3.63) is 60.7 Å². The SMILES string of the molecule is CN(C)N1[Si](c2ccccc2)(C(C)(C)C)N(N(C)C)[Si]1(c1ccccc1)C(C)(C)C. The topological polar surface area (TPSA) is 13.0 Å². The van der Waals surface area contributed by atoms with Gasteiger partial charge in [-0.1, -0.05) is 102 Å². The Balaban J connectivity index is 2.47. The standard InChI is InChI=1S/C24H40N4Si2/c1-23(2,3)29(21-17-13-11-14-18-21)27(25(7)8)30(24(4,5)6,28(29)26(9)10)22-19-15-12-16-20-22/h11-20H,1-10H3. The van der Waals surface area contributed by atoms with Crippen LogP contribution >= 0.6 is 0 Å². The minimum atomic E-state index is -2.35. The van der Waals surface area contributed by atoms with E-state index in [4.69, 9.17) is 0 Å². The van der Waals surface area contributed by atoms with E-state index in [0.29, 0.717) is 0 Å². The smallest absolute Gasteiger partial charge is 0.258 e. The van der Waals surface area contributed by atoms with Crippen LogP contribution in [0.4, 0.5) is 0 Å². The summed E-state index contributed by atoms with van der Waals surface area (Å²) in [5, 5.41) is 7.99. The van der Waals surface area contributed by atoms with Crippen molar-refractivity contribution in [1.82, 2.24) is 18.7 Å². The molecule has 0 atom stereocenters. The Bertz CT molecular complexity index is 773. The number of rotatable bonds is 4. The van der Waals surface area contributed by atoms with Gasteiger partial charge in [-0.25, -0.2) is 8.68 Å². The molecule has 4 nitrogen and oxygen atoms in total. The van der Waals surface area contributed by atoms with Gasteiger partial charge in [0.15, 0.2) is 0 Å². The van der Waals surface area contributed by atoms with Crippen molar-refractivity contribution < 1.29 is 0 Å². The zero-order valence-corrected chi connectivity index (χ0v) is 22.6. The summed E-state index contributed by atoms with van der Waals surface area (Å²) >= 11 is 0. The third-order valence-electron chi connectivity index (χ3n) is 6.47. The molecular weight excluding hydrogens is 400 g/mol. The van der Waals surface area contributed by atoms with E-state index in [1.807, 2.05) is 0 Å². The van der Waals surface area contributed by atoms with Crippen LogP contribution in [0.2, 0.25) is 10.1 Å². The van der Waals surface area contributed by atoms with E-state index in [2.05, 4.69) is 149 Å². The summed E-state index contributed by atoms with van der Waals surface area (Å²) in [6.07, 6.45) is 0. The molecule has 0 amide bonds. The van der Waals surface area contributed by atoms with Crippen LogP contribution in [0.5, 0.6) is 0 Å². The molecule has 2 aromatic rings. The lowest BCUT2D eigenvalue weighted by Gasteiger charge is -2.79. The molecule has 0 bridgehead atoms. The molecule has 0 aliphatic carbocycles. The van der Waals surface area contributed by atoms with Gasteiger partial charge in [-0.05, 0) is 20.4 Å². The van der Waals surface area contributed by atoms with Gasteiger partial charge in [-0.3, -0.25) is 10.0 Å². The molecule has 1 heterocycles. The number of hydrogen-bond acceptors (Lipinski definition) is 4. The Morgan fingerprint density at radius 1 is 0.533 bits per heavy atom. The van der Waals surface area contributed by atoms with Crippen LogP contribution in [0.1, 0.15) is 41.5 Å². The van der Waals surface area contributed by atoms with Gasteiger partial charge in [-0.15, -0.1) is 0 Å². The van der Waals surface area contributed by atoms with Crippen molar-refractivity contribution in [1.29, 1.82) is 0 Å². The molecule has 0 radical (unpaired) electrons. The fraction of sp³-hybridized carbons (Fsp3) is 0.500. The Labute approximate surface area is 186 Å². The highest BCUT2D eigenvalue weighted by Crippen LogP contribution is 2.58. The Kier molecular flexibility index (Phi) is 5.99. The molecule has 0 unspecified atom stereocenters. The second-order valence-electron chi connectivity index (χ2n) is 10.9. The molecule has 1 aliphatic heterocycles. The summed E-state index contributed by atoms with van der Waals surface area (Å²) in [6.45, 7) is 14.6. The molecule has 1 fully saturated rings. The molecule has 30 heavy (non-hydrogen) atoms. The van der Waals surface area contributed by atoms with Gasteiger partial charge < -0.3 is 0 Å². The molecule has 0 spiro atoms. The Hall–Kier alpha value is -1.29. The van der Waals surface area contributed by atoms with Gasteiger partial charge in [0.25, 0.3) is 16.8 Å². The van der Waals surface area contributed by atoms with Gasteiger partial charge in [0.2, 0.25) is 0 Å². The molecule has 3 rings (SSSR count). The van der Waals surface area contributed by atoms with Crippen molar-refractivity contribution in [2.45, 2.75) is 51.6 Å². The minimum Gasteiger partial charge on any atom is -0.258 e. The maximum atomic E-state index is 2.89. The molecule has 0 aromatic heterocycles. The fourth-order valence-electron chi connectivity index (χ4n) is 5.73. The monoisotopic (exact) mass is 440 g/mol. The van der Waals surface area contributed by atoms with Gasteiger partial charge in [-0.2, -0.15) is 0 Å². The van der Waals surface area contributed by atoms with Crippen LogP contribution in [0.3, 0.4) is 0 Å². The van der Waals surface area contributed by atoms with Crippen LogP contribution in [0, 0.1) is 0 Å². The maximum Gasteiger partial charge on any atom is 0.262 e. The number of benzene rings is 2. The maximum absolute atomic E-state index is 2.89. The molecule has 164 valence electrons. The molecule has 0 saturated carbocycles. The van der Waals surface area contributed by atoms with E-state index < -0.39 is 16.8 Å². The predicted molar refractivity (Wildman–Crippen MR) is 134 cm³/mol. The van der Waals surface area contributed by atoms with Crippen LogP contribution in [0.25, 0.3) is 0 Å². The molecule has 1 saturated heterocycles. The van der Waals surface area contributed by atoms with Crippen LogP contribution in [0.15, 0.2) is 60.7 Å². The highest BCUT2D eigenvalue weighted by molar-refractivity contribution is 7.17. The highest BCUT2D eigenvalue weighted by atomic mass is 28.5. The van der Waals surface area contributed by atoms with Crippen molar-refractivity contribution in [3.8, 4) is 0 Å². The van der Waals surface area contributed by atoms with Crippen LogP contribution in [-0.2, 0) is 0 Å². The fourth-order valence-corrected chi connectivity index (χ4v) is 24.8. The summed E-state index contributed by atoms with van der Waals surface area (Å²) in [4.78, 5) is 0. The van der Waals surface area contributed by atoms with E-state index in [1.165, 1.54) is 10.4 Å². The van der Waals surface area contributed by atoms with Crippen LogP contribution in [-0.4, -0.2) is 63.7 Å². The first-order valence-corrected chi connectivity index (χ1v) is 14.7. The van der Waals surface area contributed by atoms with E-state index in [-0.39, 0.29) is 10.1 Å². The molecule has 6 heteroatoms. The van der Waals surface area contributed by atoms with E-state index in [0.717, 1.165) is 0 Å². The van der Waals surface area contributed by atoms with E-state index in [9.17, 15) is 0 Å². The van der Waals surface area contributed by atoms with Crippen LogP contribution < -0.4 is 10.4 Å². The second kappa shape index (κ2) is 7.69. The average molecular weight is 441 g/mol. The Morgan fingerprint density at radius 3 is 1.00 bits per heavy atom. The van der Waals surface area contributed by atoms with Crippen molar-refractivity contribution >= 4 is 27.2 Å². The van der Waals surface area contributed by atoms with E-state index >= 15 is 0 Å². The quantitative estimate of drug-likeness (QED) is 0.669. The summed E-state index contributed by atoms with van der Waals surface area (Å²) in [6, 6.07) is 22.5. The first-order valence-electron chi connectivity index (χ1n) is 10.9. The number of hydrazine groups is 2. The highest BCUT2D eigenvalue weighted by Gasteiger charge is 2.81. The molecule has 0 N–H and O–H groups in total. The lowest BCUT2D eigenvalue weighted by molar-refractivity contribution is 0.0465.